The first-order chi connectivity index (χ1) is 22.7. The van der Waals surface area contributed by atoms with Crippen LogP contribution in [0.4, 0.5) is 0 Å². The van der Waals surface area contributed by atoms with Gasteiger partial charge in [-0.3, -0.25) is 0 Å². The second kappa shape index (κ2) is 11.5. The van der Waals surface area contributed by atoms with Crippen LogP contribution in [0.5, 0.6) is 0 Å². The topological polar surface area (TPSA) is 52.6 Å². The quantitative estimate of drug-likeness (QED) is 0.303. The number of ether oxygens (including phenoxy) is 2. The van der Waals surface area contributed by atoms with Gasteiger partial charge in [-0.25, -0.2) is 9.59 Å². The van der Waals surface area contributed by atoms with Crippen molar-refractivity contribution in [1.29, 1.82) is 0 Å². The minimum atomic E-state index is -0.210. The van der Waals surface area contributed by atoms with E-state index < -0.39 is 0 Å². The molecule has 0 aliphatic heterocycles. The molecule has 0 saturated heterocycles. The van der Waals surface area contributed by atoms with Crippen molar-refractivity contribution < 1.29 is 19.1 Å². The molecule has 8 atom stereocenters. The summed E-state index contributed by atoms with van der Waals surface area (Å²) in [7, 11) is 0. The summed E-state index contributed by atoms with van der Waals surface area (Å²) in [6.45, 7) is 17.8. The number of allylic oxidation sites excluding steroid dienone is 4. The van der Waals surface area contributed by atoms with E-state index in [2.05, 4.69) is 60.6 Å². The van der Waals surface area contributed by atoms with Crippen LogP contribution in [0.25, 0.3) is 0 Å². The Labute approximate surface area is 288 Å². The number of hydrogen-bond acceptors (Lipinski definition) is 4. The molecular formula is C44H56O4. The molecule has 5 aliphatic rings. The van der Waals surface area contributed by atoms with Gasteiger partial charge in [-0.1, -0.05) is 97.0 Å². The van der Waals surface area contributed by atoms with E-state index in [0.717, 1.165) is 38.5 Å². The van der Waals surface area contributed by atoms with Gasteiger partial charge in [0.1, 0.15) is 6.10 Å². The molecule has 0 amide bonds. The van der Waals surface area contributed by atoms with Gasteiger partial charge in [0.15, 0.2) is 0 Å². The molecule has 0 spiro atoms. The Bertz CT molecular complexity index is 1640. The first-order valence-corrected chi connectivity index (χ1v) is 18.6. The van der Waals surface area contributed by atoms with E-state index in [1.807, 2.05) is 60.7 Å². The van der Waals surface area contributed by atoms with Crippen molar-refractivity contribution in [1.82, 2.24) is 0 Å². The molecule has 5 aliphatic carbocycles. The number of esters is 2. The van der Waals surface area contributed by atoms with Crippen LogP contribution in [-0.4, -0.2) is 24.6 Å². The molecule has 7 rings (SSSR count). The normalized spacial score (nSPS) is 39.7. The number of benzene rings is 2. The number of carbonyl (C=O) groups excluding carboxylic acids is 2. The van der Waals surface area contributed by atoms with Gasteiger partial charge in [0, 0.05) is 10.8 Å². The molecule has 2 aromatic carbocycles. The second-order valence-corrected chi connectivity index (χ2v) is 18.2. The molecule has 0 radical (unpaired) electrons. The highest BCUT2D eigenvalue weighted by molar-refractivity contribution is 5.89. The maximum absolute atomic E-state index is 13.2. The summed E-state index contributed by atoms with van der Waals surface area (Å²) >= 11 is 0. The summed E-state index contributed by atoms with van der Waals surface area (Å²) in [5.41, 5.74) is 4.85. The lowest BCUT2D eigenvalue weighted by atomic mass is 9.36. The number of hydrogen-bond donors (Lipinski definition) is 0. The summed E-state index contributed by atoms with van der Waals surface area (Å²) in [6.07, 6.45) is 15.1. The minimum Gasteiger partial charge on any atom is -0.462 e. The van der Waals surface area contributed by atoms with Gasteiger partial charge < -0.3 is 9.47 Å². The third-order valence-corrected chi connectivity index (χ3v) is 15.1. The molecule has 0 N–H and O–H groups in total. The number of carbonyl (C=O) groups is 2. The molecule has 8 unspecified atom stereocenters. The lowest BCUT2D eigenvalue weighted by Crippen LogP contribution is -2.61. The van der Waals surface area contributed by atoms with E-state index in [0.29, 0.717) is 35.0 Å². The van der Waals surface area contributed by atoms with E-state index >= 15 is 0 Å². The SMILES string of the molecule is CC1(COC(=O)c2ccccc2)CCC2(C)CCC3(C)C4=CCC5C(C)(CCC(OC(=O)c6ccccc6)C5(C)C)C4=CCC3(C)C2C1. The van der Waals surface area contributed by atoms with E-state index in [4.69, 9.17) is 9.47 Å². The molecule has 3 fully saturated rings. The van der Waals surface area contributed by atoms with Crippen molar-refractivity contribution >= 4 is 11.9 Å². The number of rotatable bonds is 5. The molecule has 0 aromatic heterocycles. The molecule has 48 heavy (non-hydrogen) atoms. The minimum absolute atomic E-state index is 0.0303. The molecule has 256 valence electrons. The van der Waals surface area contributed by atoms with Crippen LogP contribution in [0.3, 0.4) is 0 Å². The first kappa shape index (κ1) is 33.4. The average Bonchev–Trinajstić information content (AvgIpc) is 3.07. The fourth-order valence-corrected chi connectivity index (χ4v) is 11.7. The van der Waals surface area contributed by atoms with Gasteiger partial charge in [-0.2, -0.15) is 0 Å². The zero-order chi connectivity index (χ0) is 34.2. The Kier molecular flexibility index (Phi) is 7.96. The Balaban J connectivity index is 1.14. The molecule has 0 bridgehead atoms. The maximum Gasteiger partial charge on any atom is 0.338 e. The predicted molar refractivity (Wildman–Crippen MR) is 191 cm³/mol. The monoisotopic (exact) mass is 648 g/mol. The second-order valence-electron chi connectivity index (χ2n) is 18.2. The number of fused-ring (bicyclic) bond motifs is 7. The van der Waals surface area contributed by atoms with E-state index in [-0.39, 0.29) is 45.1 Å². The van der Waals surface area contributed by atoms with E-state index in [1.54, 1.807) is 11.1 Å². The van der Waals surface area contributed by atoms with Crippen LogP contribution in [0.1, 0.15) is 127 Å². The molecule has 3 saturated carbocycles. The summed E-state index contributed by atoms with van der Waals surface area (Å²) in [6, 6.07) is 18.9. The van der Waals surface area contributed by atoms with E-state index in [9.17, 15) is 9.59 Å². The van der Waals surface area contributed by atoms with Gasteiger partial charge in [0.05, 0.1) is 17.7 Å². The van der Waals surface area contributed by atoms with Crippen LogP contribution in [0, 0.1) is 44.3 Å². The highest BCUT2D eigenvalue weighted by Gasteiger charge is 2.66. The van der Waals surface area contributed by atoms with Crippen molar-refractivity contribution in [2.24, 2.45) is 44.3 Å². The Hall–Kier alpha value is -3.14. The van der Waals surface area contributed by atoms with Crippen molar-refractivity contribution in [2.75, 3.05) is 6.61 Å². The molecule has 0 heterocycles. The van der Waals surface area contributed by atoms with Crippen LogP contribution >= 0.6 is 0 Å². The zero-order valence-electron chi connectivity index (χ0n) is 30.4. The Morgan fingerprint density at radius 1 is 0.708 bits per heavy atom. The largest absolute Gasteiger partial charge is 0.462 e. The maximum atomic E-state index is 13.2. The summed E-state index contributed by atoms with van der Waals surface area (Å²) in [5, 5.41) is 0. The standard InChI is InChI=1S/C44H56O4/c1-39(2)34-19-18-33-32(42(34,5)22-21-36(39)48-38(46)31-16-12-9-13-17-31)20-23-44(7)35-28-40(3,24-25-41(35,4)26-27-43(33,44)6)29-47-37(45)30-14-10-8-11-15-30/h8-18,20,34-36H,19,21-29H2,1-7H3. The van der Waals surface area contributed by atoms with Crippen LogP contribution in [0.15, 0.2) is 84.0 Å². The average molecular weight is 649 g/mol. The third-order valence-electron chi connectivity index (χ3n) is 15.1. The Morgan fingerprint density at radius 2 is 1.33 bits per heavy atom. The predicted octanol–water partition coefficient (Wildman–Crippen LogP) is 10.8. The molecule has 2 aromatic rings. The first-order valence-electron chi connectivity index (χ1n) is 18.6. The van der Waals surface area contributed by atoms with Crippen LogP contribution in [-0.2, 0) is 9.47 Å². The highest BCUT2D eigenvalue weighted by Crippen LogP contribution is 2.74. The van der Waals surface area contributed by atoms with Crippen molar-refractivity contribution in [3.8, 4) is 0 Å². The summed E-state index contributed by atoms with van der Waals surface area (Å²) < 4.78 is 12.3. The lowest BCUT2D eigenvalue weighted by molar-refractivity contribution is -0.150. The van der Waals surface area contributed by atoms with Crippen LogP contribution in [0.2, 0.25) is 0 Å². The van der Waals surface area contributed by atoms with E-state index in [1.165, 1.54) is 19.3 Å². The lowest BCUT2D eigenvalue weighted by Gasteiger charge is -2.69. The Morgan fingerprint density at radius 3 is 2.00 bits per heavy atom. The molecular weight excluding hydrogens is 592 g/mol. The summed E-state index contributed by atoms with van der Waals surface area (Å²) in [4.78, 5) is 26.1. The zero-order valence-corrected chi connectivity index (χ0v) is 30.4. The van der Waals surface area contributed by atoms with Crippen molar-refractivity contribution in [3.05, 3.63) is 95.1 Å². The van der Waals surface area contributed by atoms with Gasteiger partial charge in [0.2, 0.25) is 0 Å². The highest BCUT2D eigenvalue weighted by atomic mass is 16.5. The van der Waals surface area contributed by atoms with Crippen molar-refractivity contribution in [2.45, 2.75) is 112 Å². The summed E-state index contributed by atoms with van der Waals surface area (Å²) in [5.74, 6) is 0.537. The van der Waals surface area contributed by atoms with Gasteiger partial charge >= 0.3 is 11.9 Å². The fraction of sp³-hybridized carbons (Fsp3) is 0.591. The fourth-order valence-electron chi connectivity index (χ4n) is 11.7. The molecule has 4 nitrogen and oxygen atoms in total. The smallest absolute Gasteiger partial charge is 0.338 e. The van der Waals surface area contributed by atoms with Crippen molar-refractivity contribution in [3.63, 3.8) is 0 Å². The van der Waals surface area contributed by atoms with Crippen LogP contribution < -0.4 is 0 Å². The third kappa shape index (κ3) is 5.06. The van der Waals surface area contributed by atoms with Gasteiger partial charge in [0.25, 0.3) is 0 Å². The van der Waals surface area contributed by atoms with Gasteiger partial charge in [-0.05, 0) is 127 Å². The van der Waals surface area contributed by atoms with Gasteiger partial charge in [-0.15, -0.1) is 0 Å². The molecule has 4 heteroatoms.